The Morgan fingerprint density at radius 3 is 2.86 bits per heavy atom. The van der Waals surface area contributed by atoms with Crippen LogP contribution in [0.1, 0.15) is 46.0 Å². The smallest absolute Gasteiger partial charge is 0.138 e. The second-order valence-electron chi connectivity index (χ2n) is 4.38. The van der Waals surface area contributed by atoms with Gasteiger partial charge < -0.3 is 4.74 Å². The maximum absolute atomic E-state index is 11.7. The molecule has 1 aliphatic rings. The van der Waals surface area contributed by atoms with Crippen LogP contribution in [0.3, 0.4) is 0 Å². The Kier molecular flexibility index (Phi) is 5.16. The van der Waals surface area contributed by atoms with Crippen LogP contribution >= 0.6 is 0 Å². The van der Waals surface area contributed by atoms with E-state index >= 15 is 0 Å². The van der Waals surface area contributed by atoms with E-state index in [0.29, 0.717) is 31.3 Å². The van der Waals surface area contributed by atoms with Crippen LogP contribution in [-0.4, -0.2) is 19.0 Å². The highest BCUT2D eigenvalue weighted by Gasteiger charge is 2.24. The molecule has 82 valence electrons. The molecule has 2 heteroatoms. The largest absolute Gasteiger partial charge is 0.381 e. The fraction of sp³-hybridized carbons (Fsp3) is 0.917. The summed E-state index contributed by atoms with van der Waals surface area (Å²) in [6, 6.07) is 0. The third kappa shape index (κ3) is 3.79. The zero-order valence-electron chi connectivity index (χ0n) is 9.42. The van der Waals surface area contributed by atoms with Crippen molar-refractivity contribution >= 4 is 5.78 Å². The third-order valence-corrected chi connectivity index (χ3v) is 3.09. The van der Waals surface area contributed by atoms with Crippen molar-refractivity contribution in [3.63, 3.8) is 0 Å². The van der Waals surface area contributed by atoms with Crippen molar-refractivity contribution < 1.29 is 9.53 Å². The van der Waals surface area contributed by atoms with Gasteiger partial charge in [-0.2, -0.15) is 0 Å². The predicted molar refractivity (Wildman–Crippen MR) is 57.2 cm³/mol. The van der Waals surface area contributed by atoms with Crippen LogP contribution in [0.25, 0.3) is 0 Å². The summed E-state index contributed by atoms with van der Waals surface area (Å²) in [5, 5.41) is 0. The number of carbonyl (C=O) groups excluding carboxylic acids is 1. The molecular weight excluding hydrogens is 176 g/mol. The van der Waals surface area contributed by atoms with Gasteiger partial charge in [0.15, 0.2) is 0 Å². The first kappa shape index (κ1) is 11.7. The Bertz CT molecular complexity index is 177. The van der Waals surface area contributed by atoms with E-state index < -0.39 is 0 Å². The monoisotopic (exact) mass is 198 g/mol. The van der Waals surface area contributed by atoms with E-state index in [1.807, 2.05) is 6.92 Å². The highest BCUT2D eigenvalue weighted by molar-refractivity contribution is 5.81. The lowest BCUT2D eigenvalue weighted by molar-refractivity contribution is -0.125. The molecule has 0 amide bonds. The average molecular weight is 198 g/mol. The van der Waals surface area contributed by atoms with Gasteiger partial charge in [0.1, 0.15) is 5.78 Å². The van der Waals surface area contributed by atoms with Gasteiger partial charge in [0.05, 0.1) is 6.61 Å². The molecule has 2 atom stereocenters. The van der Waals surface area contributed by atoms with Crippen LogP contribution in [0, 0.1) is 11.8 Å². The molecule has 0 bridgehead atoms. The minimum Gasteiger partial charge on any atom is -0.381 e. The van der Waals surface area contributed by atoms with Crippen molar-refractivity contribution in [2.45, 2.75) is 46.0 Å². The molecule has 0 aromatic rings. The standard InChI is InChI=1S/C12H22O2/c1-3-14-8-7-12(13)11-6-4-5-10(2)9-11/h10-11H,3-9H2,1-2H3. The molecule has 0 saturated heterocycles. The Hall–Kier alpha value is -0.370. The quantitative estimate of drug-likeness (QED) is 0.635. The van der Waals surface area contributed by atoms with E-state index in [-0.39, 0.29) is 0 Å². The SMILES string of the molecule is CCOCCC(=O)C1CCCC(C)C1. The van der Waals surface area contributed by atoms with Gasteiger partial charge in [-0.3, -0.25) is 4.79 Å². The minimum absolute atomic E-state index is 0.333. The van der Waals surface area contributed by atoms with Gasteiger partial charge in [0.2, 0.25) is 0 Å². The van der Waals surface area contributed by atoms with Crippen molar-refractivity contribution in [2.75, 3.05) is 13.2 Å². The number of hydrogen-bond acceptors (Lipinski definition) is 2. The summed E-state index contributed by atoms with van der Waals surface area (Å²) in [6.45, 7) is 5.55. The van der Waals surface area contributed by atoms with Gasteiger partial charge in [-0.1, -0.05) is 19.8 Å². The van der Waals surface area contributed by atoms with E-state index in [0.717, 1.165) is 18.8 Å². The molecule has 1 saturated carbocycles. The maximum atomic E-state index is 11.7. The molecule has 0 heterocycles. The van der Waals surface area contributed by atoms with Crippen LogP contribution in [0.15, 0.2) is 0 Å². The highest BCUT2D eigenvalue weighted by Crippen LogP contribution is 2.29. The fourth-order valence-corrected chi connectivity index (χ4v) is 2.25. The lowest BCUT2D eigenvalue weighted by Gasteiger charge is -2.25. The van der Waals surface area contributed by atoms with Gasteiger partial charge in [0.25, 0.3) is 0 Å². The van der Waals surface area contributed by atoms with Crippen molar-refractivity contribution in [3.05, 3.63) is 0 Å². The van der Waals surface area contributed by atoms with Crippen molar-refractivity contribution in [1.82, 2.24) is 0 Å². The Labute approximate surface area is 87.0 Å². The number of ether oxygens (including phenoxy) is 1. The van der Waals surface area contributed by atoms with Gasteiger partial charge in [0, 0.05) is 18.9 Å². The maximum Gasteiger partial charge on any atom is 0.138 e. The van der Waals surface area contributed by atoms with E-state index in [9.17, 15) is 4.79 Å². The highest BCUT2D eigenvalue weighted by atomic mass is 16.5. The van der Waals surface area contributed by atoms with Crippen LogP contribution < -0.4 is 0 Å². The van der Waals surface area contributed by atoms with E-state index in [2.05, 4.69) is 6.92 Å². The Morgan fingerprint density at radius 1 is 1.43 bits per heavy atom. The predicted octanol–water partition coefficient (Wildman–Crippen LogP) is 2.81. The van der Waals surface area contributed by atoms with Gasteiger partial charge >= 0.3 is 0 Å². The van der Waals surface area contributed by atoms with Crippen molar-refractivity contribution in [2.24, 2.45) is 11.8 Å². The molecule has 0 aromatic carbocycles. The summed E-state index contributed by atoms with van der Waals surface area (Å²) in [6.07, 6.45) is 5.35. The van der Waals surface area contributed by atoms with Gasteiger partial charge in [-0.05, 0) is 25.7 Å². The second-order valence-corrected chi connectivity index (χ2v) is 4.38. The molecule has 14 heavy (non-hydrogen) atoms. The summed E-state index contributed by atoms with van der Waals surface area (Å²) in [5.74, 6) is 1.49. The topological polar surface area (TPSA) is 26.3 Å². The van der Waals surface area contributed by atoms with E-state index in [1.165, 1.54) is 12.8 Å². The first-order chi connectivity index (χ1) is 6.74. The molecule has 0 aliphatic heterocycles. The van der Waals surface area contributed by atoms with Gasteiger partial charge in [-0.15, -0.1) is 0 Å². The lowest BCUT2D eigenvalue weighted by atomic mass is 9.80. The molecule has 2 nitrogen and oxygen atoms in total. The number of ketones is 1. The summed E-state index contributed by atoms with van der Waals surface area (Å²) >= 11 is 0. The molecule has 2 unspecified atom stereocenters. The summed E-state index contributed by atoms with van der Waals surface area (Å²) in [7, 11) is 0. The molecular formula is C12H22O2. The molecule has 1 fully saturated rings. The molecule has 1 rings (SSSR count). The first-order valence-electron chi connectivity index (χ1n) is 5.84. The second kappa shape index (κ2) is 6.18. The molecule has 0 aromatic heterocycles. The molecule has 1 aliphatic carbocycles. The molecule has 0 N–H and O–H groups in total. The minimum atomic E-state index is 0.333. The molecule has 0 radical (unpaired) electrons. The zero-order valence-corrected chi connectivity index (χ0v) is 9.42. The first-order valence-corrected chi connectivity index (χ1v) is 5.84. The average Bonchev–Trinajstić information content (AvgIpc) is 2.18. The van der Waals surface area contributed by atoms with Crippen LogP contribution in [0.2, 0.25) is 0 Å². The van der Waals surface area contributed by atoms with Crippen LogP contribution in [0.5, 0.6) is 0 Å². The van der Waals surface area contributed by atoms with E-state index in [1.54, 1.807) is 0 Å². The Balaban J connectivity index is 2.22. The van der Waals surface area contributed by atoms with E-state index in [4.69, 9.17) is 4.74 Å². The third-order valence-electron chi connectivity index (χ3n) is 3.09. The van der Waals surface area contributed by atoms with Crippen LogP contribution in [-0.2, 0) is 9.53 Å². The van der Waals surface area contributed by atoms with Crippen molar-refractivity contribution in [3.8, 4) is 0 Å². The normalized spacial score (nSPS) is 27.6. The number of hydrogen-bond donors (Lipinski definition) is 0. The summed E-state index contributed by atoms with van der Waals surface area (Å²) < 4.78 is 5.20. The zero-order chi connectivity index (χ0) is 10.4. The number of Topliss-reactive ketones (excluding diaryl/α,β-unsaturated/α-hetero) is 1. The van der Waals surface area contributed by atoms with Gasteiger partial charge in [-0.25, -0.2) is 0 Å². The molecule has 0 spiro atoms. The Morgan fingerprint density at radius 2 is 2.21 bits per heavy atom. The van der Waals surface area contributed by atoms with Crippen LogP contribution in [0.4, 0.5) is 0 Å². The fourth-order valence-electron chi connectivity index (χ4n) is 2.25. The summed E-state index contributed by atoms with van der Waals surface area (Å²) in [5.41, 5.74) is 0. The lowest BCUT2D eigenvalue weighted by Crippen LogP contribution is -2.22. The number of rotatable bonds is 5. The van der Waals surface area contributed by atoms with Crippen molar-refractivity contribution in [1.29, 1.82) is 0 Å². The number of carbonyl (C=O) groups is 1. The summed E-state index contributed by atoms with van der Waals surface area (Å²) in [4.78, 5) is 11.7.